The van der Waals surface area contributed by atoms with E-state index in [4.69, 9.17) is 11.6 Å². The molecule has 1 amide bonds. The second kappa shape index (κ2) is 10.1. The van der Waals surface area contributed by atoms with Crippen LogP contribution in [0, 0.1) is 13.8 Å². The third kappa shape index (κ3) is 4.80. The van der Waals surface area contributed by atoms with Gasteiger partial charge in [-0.2, -0.15) is 9.41 Å². The van der Waals surface area contributed by atoms with Crippen LogP contribution in [0.25, 0.3) is 16.5 Å². The Morgan fingerprint density at radius 3 is 2.57 bits per heavy atom. The van der Waals surface area contributed by atoms with Crippen LogP contribution in [0.2, 0.25) is 5.02 Å². The van der Waals surface area contributed by atoms with E-state index in [0.29, 0.717) is 17.9 Å². The van der Waals surface area contributed by atoms with Gasteiger partial charge in [0.25, 0.3) is 5.91 Å². The Hall–Kier alpha value is -3.46. The topological polar surface area (TPSA) is 83.8 Å². The van der Waals surface area contributed by atoms with Crippen molar-refractivity contribution in [2.24, 2.45) is 5.10 Å². The third-order valence-electron chi connectivity index (χ3n) is 6.78. The molecule has 4 aromatic rings. The Bertz CT molecular complexity index is 1610. The van der Waals surface area contributed by atoms with Gasteiger partial charge in [0, 0.05) is 33.9 Å². The number of carbonyl (C=O) groups excluding carboxylic acids is 1. The minimum Gasteiger partial charge on any atom is -0.317 e. The normalized spacial score (nSPS) is 16.6. The third-order valence-corrected chi connectivity index (χ3v) is 8.96. The van der Waals surface area contributed by atoms with Gasteiger partial charge in [-0.3, -0.25) is 4.79 Å². The molecule has 1 atom stereocenters. The number of fused-ring (bicyclic) bond motifs is 1. The Balaban J connectivity index is 1.34. The molecule has 0 radical (unpaired) electrons. The smallest absolute Gasteiger partial charge is 0.258 e. The molecule has 1 N–H and O–H groups in total. The van der Waals surface area contributed by atoms with E-state index in [1.54, 1.807) is 6.21 Å². The van der Waals surface area contributed by atoms with Gasteiger partial charge in [-0.15, -0.1) is 0 Å². The summed E-state index contributed by atoms with van der Waals surface area (Å²) in [6, 6.07) is 21.6. The highest BCUT2D eigenvalue weighted by molar-refractivity contribution is 7.89. The summed E-state index contributed by atoms with van der Waals surface area (Å²) in [5, 5.41) is 6.93. The molecule has 1 fully saturated rings. The molecule has 3 aromatic carbocycles. The van der Waals surface area contributed by atoms with Gasteiger partial charge >= 0.3 is 0 Å². The second-order valence-corrected chi connectivity index (χ2v) is 11.4. The molecular formula is C28H27ClN4O3S. The molecule has 1 aromatic heterocycles. The Morgan fingerprint density at radius 1 is 1.05 bits per heavy atom. The molecule has 0 bridgehead atoms. The van der Waals surface area contributed by atoms with Crippen LogP contribution in [0.4, 0.5) is 0 Å². The van der Waals surface area contributed by atoms with Crippen molar-refractivity contribution >= 4 is 44.5 Å². The van der Waals surface area contributed by atoms with Crippen molar-refractivity contribution in [1.82, 2.24) is 14.3 Å². The first kappa shape index (κ1) is 25.2. The number of hydrazone groups is 1. The first-order valence-electron chi connectivity index (χ1n) is 12.0. The first-order chi connectivity index (χ1) is 17.8. The Kier molecular flexibility index (Phi) is 6.90. The number of hydrogen-bond acceptors (Lipinski definition) is 4. The number of aryl methyl sites for hydroxylation is 1. The maximum Gasteiger partial charge on any atom is 0.258 e. The first-order valence-corrected chi connectivity index (χ1v) is 13.9. The predicted octanol–water partition coefficient (Wildman–Crippen LogP) is 5.20. The van der Waals surface area contributed by atoms with Crippen molar-refractivity contribution in [3.8, 4) is 5.69 Å². The number of halogens is 1. The van der Waals surface area contributed by atoms with E-state index < -0.39 is 22.0 Å². The molecule has 190 valence electrons. The molecule has 2 heterocycles. The number of nitrogens with one attached hydrogen (secondary N) is 1. The second-order valence-electron chi connectivity index (χ2n) is 9.12. The number of benzene rings is 3. The van der Waals surface area contributed by atoms with Crippen LogP contribution in [0.15, 0.2) is 82.8 Å². The van der Waals surface area contributed by atoms with Crippen LogP contribution in [0.1, 0.15) is 29.8 Å². The average molecular weight is 535 g/mol. The fourth-order valence-corrected chi connectivity index (χ4v) is 6.75. The van der Waals surface area contributed by atoms with E-state index in [-0.39, 0.29) is 11.4 Å². The molecule has 0 aliphatic carbocycles. The number of carbonyl (C=O) groups is 1. The number of sulfonamides is 1. The van der Waals surface area contributed by atoms with Gasteiger partial charge in [-0.05, 0) is 68.5 Å². The molecule has 1 aliphatic heterocycles. The van der Waals surface area contributed by atoms with Crippen LogP contribution in [0.3, 0.4) is 0 Å². The fourth-order valence-electron chi connectivity index (χ4n) is 4.96. The van der Waals surface area contributed by atoms with Crippen molar-refractivity contribution in [3.63, 3.8) is 0 Å². The van der Waals surface area contributed by atoms with E-state index in [1.807, 2.05) is 38.1 Å². The van der Waals surface area contributed by atoms with Crippen molar-refractivity contribution in [2.45, 2.75) is 37.6 Å². The van der Waals surface area contributed by atoms with Gasteiger partial charge in [0.1, 0.15) is 6.04 Å². The lowest BCUT2D eigenvalue weighted by Gasteiger charge is -2.22. The largest absolute Gasteiger partial charge is 0.317 e. The summed E-state index contributed by atoms with van der Waals surface area (Å²) in [5.41, 5.74) is 6.52. The van der Waals surface area contributed by atoms with E-state index in [2.05, 4.69) is 39.4 Å². The summed E-state index contributed by atoms with van der Waals surface area (Å²) in [4.78, 5) is 13.1. The number of aromatic nitrogens is 1. The number of amides is 1. The van der Waals surface area contributed by atoms with Crippen molar-refractivity contribution in [1.29, 1.82) is 0 Å². The highest BCUT2D eigenvalue weighted by Gasteiger charge is 2.39. The lowest BCUT2D eigenvalue weighted by Crippen LogP contribution is -2.44. The van der Waals surface area contributed by atoms with Crippen molar-refractivity contribution in [3.05, 3.63) is 94.8 Å². The molecule has 1 saturated heterocycles. The SMILES string of the molecule is Cc1cc(/C=N\NC(=O)[C@@H]2CCCN2S(=O)(=O)c2ccc(Cl)cc2)c(C)n1-c1cccc2ccccc12. The minimum absolute atomic E-state index is 0.112. The van der Waals surface area contributed by atoms with E-state index in [9.17, 15) is 13.2 Å². The number of nitrogens with zero attached hydrogens (tertiary/aromatic N) is 3. The van der Waals surface area contributed by atoms with E-state index >= 15 is 0 Å². The quantitative estimate of drug-likeness (QED) is 0.272. The maximum atomic E-state index is 13.1. The molecule has 0 spiro atoms. The Labute approximate surface area is 221 Å². The van der Waals surface area contributed by atoms with Gasteiger partial charge in [-0.25, -0.2) is 13.8 Å². The molecule has 37 heavy (non-hydrogen) atoms. The van der Waals surface area contributed by atoms with Crippen LogP contribution < -0.4 is 5.43 Å². The molecule has 9 heteroatoms. The fraction of sp³-hybridized carbons (Fsp3) is 0.214. The summed E-state index contributed by atoms with van der Waals surface area (Å²) in [6.07, 6.45) is 2.64. The van der Waals surface area contributed by atoms with Crippen LogP contribution in [-0.2, 0) is 14.8 Å². The zero-order chi connectivity index (χ0) is 26.2. The number of hydrogen-bond donors (Lipinski definition) is 1. The van der Waals surface area contributed by atoms with Crippen LogP contribution >= 0.6 is 11.6 Å². The van der Waals surface area contributed by atoms with Gasteiger partial charge in [0.2, 0.25) is 10.0 Å². The minimum atomic E-state index is -3.83. The lowest BCUT2D eigenvalue weighted by atomic mass is 10.1. The highest BCUT2D eigenvalue weighted by Crippen LogP contribution is 2.28. The molecule has 0 unspecified atom stereocenters. The Morgan fingerprint density at radius 2 is 1.78 bits per heavy atom. The zero-order valence-electron chi connectivity index (χ0n) is 20.6. The highest BCUT2D eigenvalue weighted by atomic mass is 35.5. The summed E-state index contributed by atoms with van der Waals surface area (Å²) in [5.74, 6) is -0.450. The monoisotopic (exact) mass is 534 g/mol. The molecule has 1 aliphatic rings. The standard InChI is InChI=1S/C28H27ClN4O3S/c1-19-17-22(20(2)33(19)26-10-5-8-21-7-3-4-9-25(21)26)18-30-31-28(34)27-11-6-16-32(27)37(35,36)24-14-12-23(29)13-15-24/h3-5,7-10,12-15,17-18,27H,6,11,16H2,1-2H3,(H,31,34)/b30-18-/t27-/m0/s1. The van der Waals surface area contributed by atoms with Gasteiger partial charge in [0.05, 0.1) is 16.8 Å². The van der Waals surface area contributed by atoms with E-state index in [0.717, 1.165) is 33.4 Å². The summed E-state index contributed by atoms with van der Waals surface area (Å²) < 4.78 is 29.7. The van der Waals surface area contributed by atoms with Gasteiger partial charge < -0.3 is 4.57 Å². The molecule has 5 rings (SSSR count). The van der Waals surface area contributed by atoms with Crippen molar-refractivity contribution < 1.29 is 13.2 Å². The van der Waals surface area contributed by atoms with Gasteiger partial charge in [-0.1, -0.05) is 48.0 Å². The average Bonchev–Trinajstić information content (AvgIpc) is 3.49. The summed E-state index contributed by atoms with van der Waals surface area (Å²) >= 11 is 5.90. The van der Waals surface area contributed by atoms with Crippen molar-refractivity contribution in [2.75, 3.05) is 6.54 Å². The summed E-state index contributed by atoms with van der Waals surface area (Å²) in [6.45, 7) is 4.32. The molecule has 7 nitrogen and oxygen atoms in total. The van der Waals surface area contributed by atoms with Crippen LogP contribution in [-0.4, -0.2) is 42.0 Å². The zero-order valence-corrected chi connectivity index (χ0v) is 22.1. The molecule has 0 saturated carbocycles. The summed E-state index contributed by atoms with van der Waals surface area (Å²) in [7, 11) is -3.83. The van der Waals surface area contributed by atoms with Crippen LogP contribution in [0.5, 0.6) is 0 Å². The lowest BCUT2D eigenvalue weighted by molar-refractivity contribution is -0.124. The van der Waals surface area contributed by atoms with Gasteiger partial charge in [0.15, 0.2) is 0 Å². The van der Waals surface area contributed by atoms with E-state index in [1.165, 1.54) is 28.6 Å². The molecular weight excluding hydrogens is 508 g/mol. The predicted molar refractivity (Wildman–Crippen MR) is 147 cm³/mol. The number of rotatable bonds is 6. The maximum absolute atomic E-state index is 13.1.